The van der Waals surface area contributed by atoms with Crippen LogP contribution in [0, 0.1) is 6.07 Å². The highest BCUT2D eigenvalue weighted by atomic mass is 16.1. The maximum absolute atomic E-state index is 10.8. The monoisotopic (exact) mass is 159 g/mol. The summed E-state index contributed by atoms with van der Waals surface area (Å²) in [4.78, 5) is 13.7. The summed E-state index contributed by atoms with van der Waals surface area (Å²) in [7, 11) is 0. The van der Waals surface area contributed by atoms with Crippen LogP contribution < -0.4 is 5.73 Å². The van der Waals surface area contributed by atoms with Gasteiger partial charge in [-0.05, 0) is 18.2 Å². The van der Waals surface area contributed by atoms with Crippen molar-refractivity contribution in [3.05, 3.63) is 36.0 Å². The number of carbonyl (C=O) groups excluding carboxylic acids is 1. The molecule has 1 aromatic heterocycles. The lowest BCUT2D eigenvalue weighted by Gasteiger charge is -1.94. The highest BCUT2D eigenvalue weighted by Gasteiger charge is 2.01. The van der Waals surface area contributed by atoms with Gasteiger partial charge in [-0.2, -0.15) is 0 Å². The second-order valence-electron chi connectivity index (χ2n) is 2.56. The molecule has 1 radical (unpaired) electrons. The van der Waals surface area contributed by atoms with Gasteiger partial charge in [0.15, 0.2) is 0 Å². The number of hydrogen-bond acceptors (Lipinski definition) is 1. The number of carbonyl (C=O) groups is 1. The summed E-state index contributed by atoms with van der Waals surface area (Å²) in [6, 6.07) is 8.17. The van der Waals surface area contributed by atoms with E-state index < -0.39 is 5.91 Å². The zero-order chi connectivity index (χ0) is 8.55. The molecule has 0 saturated carbocycles. The second-order valence-corrected chi connectivity index (χ2v) is 2.56. The number of benzene rings is 1. The molecule has 0 atom stereocenters. The molecule has 0 spiro atoms. The molecule has 0 bridgehead atoms. The second kappa shape index (κ2) is 2.37. The molecule has 0 aliphatic carbocycles. The molecule has 2 aromatic rings. The Kier molecular flexibility index (Phi) is 1.37. The minimum absolute atomic E-state index is 0.411. The van der Waals surface area contributed by atoms with Crippen LogP contribution in [0.15, 0.2) is 24.4 Å². The van der Waals surface area contributed by atoms with Crippen molar-refractivity contribution in [2.75, 3.05) is 0 Å². The van der Waals surface area contributed by atoms with E-state index in [4.69, 9.17) is 5.73 Å². The molecule has 12 heavy (non-hydrogen) atoms. The maximum Gasteiger partial charge on any atom is 0.248 e. The van der Waals surface area contributed by atoms with E-state index in [2.05, 4.69) is 11.1 Å². The third kappa shape index (κ3) is 0.955. The lowest BCUT2D eigenvalue weighted by atomic mass is 10.1. The molecule has 0 unspecified atom stereocenters. The normalized spacial score (nSPS) is 10.3. The Bertz CT molecular complexity index is 431. The third-order valence-corrected chi connectivity index (χ3v) is 1.76. The smallest absolute Gasteiger partial charge is 0.248 e. The summed E-state index contributed by atoms with van der Waals surface area (Å²) >= 11 is 0. The number of rotatable bonds is 1. The van der Waals surface area contributed by atoms with Crippen molar-refractivity contribution in [3.63, 3.8) is 0 Å². The fourth-order valence-electron chi connectivity index (χ4n) is 1.13. The van der Waals surface area contributed by atoms with Gasteiger partial charge in [0.25, 0.3) is 0 Å². The van der Waals surface area contributed by atoms with Gasteiger partial charge in [0.05, 0.1) is 0 Å². The predicted molar refractivity (Wildman–Crippen MR) is 45.7 cm³/mol. The van der Waals surface area contributed by atoms with Gasteiger partial charge in [0.1, 0.15) is 0 Å². The van der Waals surface area contributed by atoms with Crippen LogP contribution in [-0.4, -0.2) is 10.9 Å². The van der Waals surface area contributed by atoms with Crippen molar-refractivity contribution in [1.29, 1.82) is 0 Å². The zero-order valence-corrected chi connectivity index (χ0v) is 6.29. The standard InChI is InChI=1S/C9H7N2O/c10-9(12)7-1-2-8-6(5-7)3-4-11-8/h1-2,4-5,11H,(H2,10,12). The fraction of sp³-hybridized carbons (Fsp3) is 0. The van der Waals surface area contributed by atoms with E-state index in [0.29, 0.717) is 5.56 Å². The van der Waals surface area contributed by atoms with Crippen LogP contribution in [-0.2, 0) is 0 Å². The Morgan fingerprint density at radius 3 is 3.08 bits per heavy atom. The average molecular weight is 159 g/mol. The quantitative estimate of drug-likeness (QED) is 0.642. The van der Waals surface area contributed by atoms with Gasteiger partial charge in [-0.25, -0.2) is 0 Å². The molecule has 0 aliphatic heterocycles. The van der Waals surface area contributed by atoms with Gasteiger partial charge in [-0.15, -0.1) is 0 Å². The van der Waals surface area contributed by atoms with E-state index in [1.54, 1.807) is 18.3 Å². The predicted octanol–water partition coefficient (Wildman–Crippen LogP) is 1.07. The molecular formula is C9H7N2O. The van der Waals surface area contributed by atoms with Gasteiger partial charge in [0, 0.05) is 28.7 Å². The highest BCUT2D eigenvalue weighted by Crippen LogP contribution is 2.12. The zero-order valence-electron chi connectivity index (χ0n) is 6.29. The topological polar surface area (TPSA) is 58.9 Å². The largest absolute Gasteiger partial charge is 0.366 e. The minimum Gasteiger partial charge on any atom is -0.366 e. The minimum atomic E-state index is -0.411. The Morgan fingerprint density at radius 1 is 1.50 bits per heavy atom. The van der Waals surface area contributed by atoms with Crippen molar-refractivity contribution in [2.45, 2.75) is 0 Å². The summed E-state index contributed by atoms with van der Waals surface area (Å²) in [5.41, 5.74) is 6.58. The third-order valence-electron chi connectivity index (χ3n) is 1.76. The van der Waals surface area contributed by atoms with Gasteiger partial charge in [-0.1, -0.05) is 0 Å². The molecule has 2 rings (SSSR count). The maximum atomic E-state index is 10.8. The summed E-state index contributed by atoms with van der Waals surface area (Å²) in [6.07, 6.45) is 1.70. The van der Waals surface area contributed by atoms with Crippen LogP contribution in [0.5, 0.6) is 0 Å². The van der Waals surface area contributed by atoms with Crippen LogP contribution in [0.2, 0.25) is 0 Å². The summed E-state index contributed by atoms with van der Waals surface area (Å²) in [5.74, 6) is -0.411. The summed E-state index contributed by atoms with van der Waals surface area (Å²) in [5, 5.41) is 0.881. The van der Waals surface area contributed by atoms with Crippen LogP contribution in [0.1, 0.15) is 10.4 Å². The van der Waals surface area contributed by atoms with Gasteiger partial charge >= 0.3 is 0 Å². The number of hydrogen-bond donors (Lipinski definition) is 2. The summed E-state index contributed by atoms with van der Waals surface area (Å²) in [6.45, 7) is 0. The first-order chi connectivity index (χ1) is 5.77. The van der Waals surface area contributed by atoms with E-state index in [-0.39, 0.29) is 0 Å². The van der Waals surface area contributed by atoms with E-state index in [9.17, 15) is 4.79 Å². The number of nitrogens with one attached hydrogen (secondary N) is 1. The van der Waals surface area contributed by atoms with Gasteiger partial charge < -0.3 is 10.7 Å². The fourth-order valence-corrected chi connectivity index (χ4v) is 1.13. The first-order valence-corrected chi connectivity index (χ1v) is 3.56. The van der Waals surface area contributed by atoms with Gasteiger partial charge in [-0.3, -0.25) is 4.79 Å². The van der Waals surface area contributed by atoms with Gasteiger partial charge in [0.2, 0.25) is 5.91 Å². The Balaban J connectivity index is 2.68. The Morgan fingerprint density at radius 2 is 2.33 bits per heavy atom. The van der Waals surface area contributed by atoms with Crippen molar-refractivity contribution in [2.24, 2.45) is 5.73 Å². The molecular weight excluding hydrogens is 152 g/mol. The Labute approximate surface area is 69.2 Å². The number of primary amides is 1. The lowest BCUT2D eigenvalue weighted by Crippen LogP contribution is -2.10. The summed E-state index contributed by atoms with van der Waals surface area (Å²) < 4.78 is 0. The number of amides is 1. The van der Waals surface area contributed by atoms with E-state index in [1.165, 1.54) is 0 Å². The number of fused-ring (bicyclic) bond motifs is 1. The number of aromatic amines is 1. The van der Waals surface area contributed by atoms with E-state index >= 15 is 0 Å². The van der Waals surface area contributed by atoms with Crippen molar-refractivity contribution in [1.82, 2.24) is 4.98 Å². The molecule has 59 valence electrons. The van der Waals surface area contributed by atoms with Crippen LogP contribution in [0.3, 0.4) is 0 Å². The molecule has 0 fully saturated rings. The molecule has 1 amide bonds. The molecule has 0 aliphatic rings. The molecule has 0 saturated heterocycles. The molecule has 3 N–H and O–H groups in total. The molecule has 3 nitrogen and oxygen atoms in total. The van der Waals surface area contributed by atoms with Crippen molar-refractivity contribution in [3.8, 4) is 0 Å². The van der Waals surface area contributed by atoms with Crippen LogP contribution in [0.4, 0.5) is 0 Å². The van der Waals surface area contributed by atoms with E-state index in [1.807, 2.05) is 6.07 Å². The SMILES string of the molecule is NC(=O)c1ccc2[nH]c[c]c2c1. The molecule has 3 heteroatoms. The van der Waals surface area contributed by atoms with E-state index in [0.717, 1.165) is 10.9 Å². The lowest BCUT2D eigenvalue weighted by molar-refractivity contribution is 0.100. The first-order valence-electron chi connectivity index (χ1n) is 3.56. The van der Waals surface area contributed by atoms with Crippen LogP contribution >= 0.6 is 0 Å². The highest BCUT2D eigenvalue weighted by molar-refractivity contribution is 5.96. The average Bonchev–Trinajstić information content (AvgIpc) is 2.49. The molecule has 1 aromatic carbocycles. The number of aromatic nitrogens is 1. The molecule has 1 heterocycles. The first kappa shape index (κ1) is 6.91. The number of H-pyrrole nitrogens is 1. The van der Waals surface area contributed by atoms with Crippen molar-refractivity contribution < 1.29 is 4.79 Å². The van der Waals surface area contributed by atoms with Crippen molar-refractivity contribution >= 4 is 16.8 Å². The van der Waals surface area contributed by atoms with Crippen LogP contribution in [0.25, 0.3) is 10.9 Å². The number of nitrogens with two attached hydrogens (primary N) is 1. The Hall–Kier alpha value is -1.77.